The molecule has 0 atom stereocenters. The number of ketones is 1. The SMILES string of the molecule is CC(=O)CN1Cc2ccc(-n3c(=O)n(C[C@H]4CC[C@H](NC(=O)c5cc(Cl)cnc5C)CC4)c4ccccc43)cc2C1. The molecule has 1 aliphatic heterocycles. The number of aryl methyl sites for hydroxylation is 1. The van der Waals surface area contributed by atoms with Gasteiger partial charge in [-0.1, -0.05) is 29.8 Å². The van der Waals surface area contributed by atoms with Crippen LogP contribution in [0.15, 0.2) is 59.5 Å². The number of carbonyl (C=O) groups is 2. The third-order valence-electron chi connectivity index (χ3n) is 8.44. The van der Waals surface area contributed by atoms with Crippen LogP contribution in [0.5, 0.6) is 0 Å². The molecule has 2 aromatic carbocycles. The van der Waals surface area contributed by atoms with Crippen LogP contribution in [0.25, 0.3) is 16.7 Å². The van der Waals surface area contributed by atoms with Gasteiger partial charge in [0.2, 0.25) is 0 Å². The summed E-state index contributed by atoms with van der Waals surface area (Å²) in [5.74, 6) is 0.357. The maximum absolute atomic E-state index is 13.9. The highest BCUT2D eigenvalue weighted by Gasteiger charge is 2.26. The molecular formula is C32H34ClN5O3. The Kier molecular flexibility index (Phi) is 7.53. The monoisotopic (exact) mass is 571 g/mol. The molecule has 2 aliphatic rings. The van der Waals surface area contributed by atoms with Crippen LogP contribution >= 0.6 is 11.6 Å². The lowest BCUT2D eigenvalue weighted by molar-refractivity contribution is -0.118. The number of halogens is 1. The van der Waals surface area contributed by atoms with Crippen LogP contribution in [0.2, 0.25) is 5.02 Å². The second-order valence-electron chi connectivity index (χ2n) is 11.5. The number of benzene rings is 2. The summed E-state index contributed by atoms with van der Waals surface area (Å²) in [5, 5.41) is 3.60. The van der Waals surface area contributed by atoms with Gasteiger partial charge in [-0.05, 0) is 86.9 Å². The summed E-state index contributed by atoms with van der Waals surface area (Å²) in [7, 11) is 0. The summed E-state index contributed by atoms with van der Waals surface area (Å²) in [6.45, 7) is 5.97. The van der Waals surface area contributed by atoms with Crippen LogP contribution < -0.4 is 11.0 Å². The van der Waals surface area contributed by atoms with E-state index in [0.717, 1.165) is 54.5 Å². The minimum absolute atomic E-state index is 0.0379. The summed E-state index contributed by atoms with van der Waals surface area (Å²) in [4.78, 5) is 44.7. The van der Waals surface area contributed by atoms with Crippen molar-refractivity contribution in [2.24, 2.45) is 5.92 Å². The normalized spacial score (nSPS) is 18.9. The van der Waals surface area contributed by atoms with Gasteiger partial charge in [-0.25, -0.2) is 4.79 Å². The van der Waals surface area contributed by atoms with E-state index < -0.39 is 0 Å². The number of nitrogens with zero attached hydrogens (tertiary/aromatic N) is 4. The minimum atomic E-state index is -0.140. The lowest BCUT2D eigenvalue weighted by atomic mass is 9.85. The van der Waals surface area contributed by atoms with Crippen LogP contribution in [-0.2, 0) is 24.4 Å². The first-order chi connectivity index (χ1) is 19.8. The number of carbonyl (C=O) groups excluding carboxylic acids is 2. The van der Waals surface area contributed by atoms with E-state index in [1.54, 1.807) is 19.2 Å². The van der Waals surface area contributed by atoms with Gasteiger partial charge in [-0.15, -0.1) is 0 Å². The van der Waals surface area contributed by atoms with Crippen molar-refractivity contribution in [2.75, 3.05) is 6.54 Å². The van der Waals surface area contributed by atoms with Gasteiger partial charge in [-0.2, -0.15) is 0 Å². The lowest BCUT2D eigenvalue weighted by Gasteiger charge is -2.29. The number of hydrogen-bond donors (Lipinski definition) is 1. The molecule has 1 N–H and O–H groups in total. The van der Waals surface area contributed by atoms with Crippen molar-refractivity contribution >= 4 is 34.3 Å². The average molecular weight is 572 g/mol. The van der Waals surface area contributed by atoms with Gasteiger partial charge in [0.1, 0.15) is 5.78 Å². The molecule has 3 heterocycles. The maximum Gasteiger partial charge on any atom is 0.333 e. The number of aromatic nitrogens is 3. The van der Waals surface area contributed by atoms with E-state index in [2.05, 4.69) is 27.3 Å². The number of rotatable bonds is 7. The first-order valence-electron chi connectivity index (χ1n) is 14.2. The molecule has 8 nitrogen and oxygen atoms in total. The molecule has 0 unspecified atom stereocenters. The van der Waals surface area contributed by atoms with Crippen LogP contribution in [0.4, 0.5) is 0 Å². The summed E-state index contributed by atoms with van der Waals surface area (Å²) >= 11 is 6.06. The van der Waals surface area contributed by atoms with Crippen molar-refractivity contribution in [2.45, 2.75) is 65.2 Å². The second-order valence-corrected chi connectivity index (χ2v) is 11.9. The molecule has 0 radical (unpaired) electrons. The number of imidazole rings is 1. The lowest BCUT2D eigenvalue weighted by Crippen LogP contribution is -2.39. The van der Waals surface area contributed by atoms with Crippen molar-refractivity contribution in [3.63, 3.8) is 0 Å². The van der Waals surface area contributed by atoms with Gasteiger partial charge in [-0.3, -0.25) is 28.6 Å². The van der Waals surface area contributed by atoms with Gasteiger partial charge in [0.15, 0.2) is 0 Å². The Bertz CT molecular complexity index is 1700. The van der Waals surface area contributed by atoms with Gasteiger partial charge in [0.25, 0.3) is 5.91 Å². The number of Topliss-reactive ketones (excluding diaryl/α,β-unsaturated/α-hetero) is 1. The predicted octanol–water partition coefficient (Wildman–Crippen LogP) is 5.04. The fourth-order valence-corrected chi connectivity index (χ4v) is 6.56. The number of amides is 1. The van der Waals surface area contributed by atoms with Gasteiger partial charge in [0.05, 0.1) is 39.5 Å². The molecule has 6 rings (SSSR count). The average Bonchev–Trinajstić information content (AvgIpc) is 3.47. The Hall–Kier alpha value is -3.75. The molecule has 0 spiro atoms. The van der Waals surface area contributed by atoms with Gasteiger partial charge >= 0.3 is 5.69 Å². The number of nitrogens with one attached hydrogen (secondary N) is 1. The van der Waals surface area contributed by atoms with E-state index in [-0.39, 0.29) is 23.4 Å². The van der Waals surface area contributed by atoms with E-state index in [4.69, 9.17) is 11.6 Å². The fourth-order valence-electron chi connectivity index (χ4n) is 6.40. The summed E-state index contributed by atoms with van der Waals surface area (Å²) in [6, 6.07) is 15.9. The van der Waals surface area contributed by atoms with Crippen molar-refractivity contribution < 1.29 is 9.59 Å². The van der Waals surface area contributed by atoms with E-state index >= 15 is 0 Å². The maximum atomic E-state index is 13.9. The van der Waals surface area contributed by atoms with Gasteiger partial charge < -0.3 is 5.32 Å². The summed E-state index contributed by atoms with van der Waals surface area (Å²) in [6.07, 6.45) is 5.12. The van der Waals surface area contributed by atoms with Crippen LogP contribution in [0, 0.1) is 12.8 Å². The van der Waals surface area contributed by atoms with Crippen molar-refractivity contribution in [1.82, 2.24) is 24.3 Å². The summed E-state index contributed by atoms with van der Waals surface area (Å²) in [5.41, 5.74) is 6.17. The first kappa shape index (κ1) is 27.4. The molecule has 41 heavy (non-hydrogen) atoms. The third-order valence-corrected chi connectivity index (χ3v) is 8.65. The standard InChI is InChI=1S/C32H34ClN5O3/c1-20(39)16-36-18-23-9-12-27(13-24(23)19-36)38-30-6-4-3-5-29(30)37(32(38)41)17-22-7-10-26(11-8-22)35-31(40)28-14-25(33)15-34-21(28)2/h3-6,9,12-15,22,26H,7-8,10-11,16-19H2,1-2H3,(H,35,40)/t22-,26-. The zero-order chi connectivity index (χ0) is 28.7. The number of pyridine rings is 1. The molecular weight excluding hydrogens is 538 g/mol. The zero-order valence-corrected chi connectivity index (χ0v) is 24.2. The molecule has 0 bridgehead atoms. The molecule has 1 aliphatic carbocycles. The Balaban J connectivity index is 1.18. The van der Waals surface area contributed by atoms with Crippen LogP contribution in [0.3, 0.4) is 0 Å². The molecule has 1 fully saturated rings. The zero-order valence-electron chi connectivity index (χ0n) is 23.4. The van der Waals surface area contributed by atoms with Crippen LogP contribution in [0.1, 0.15) is 59.8 Å². The first-order valence-corrected chi connectivity index (χ1v) is 14.6. The Morgan fingerprint density at radius 2 is 1.73 bits per heavy atom. The van der Waals surface area contributed by atoms with Crippen molar-refractivity contribution in [1.29, 1.82) is 0 Å². The topological polar surface area (TPSA) is 89.2 Å². The van der Waals surface area contributed by atoms with Crippen LogP contribution in [-0.4, -0.2) is 43.3 Å². The summed E-state index contributed by atoms with van der Waals surface area (Å²) < 4.78 is 3.73. The number of hydrogen-bond acceptors (Lipinski definition) is 5. The Labute approximate surface area is 243 Å². The van der Waals surface area contributed by atoms with E-state index in [1.807, 2.05) is 46.4 Å². The van der Waals surface area contributed by atoms with Crippen molar-refractivity contribution in [3.05, 3.63) is 92.6 Å². The fraction of sp³-hybridized carbons (Fsp3) is 0.375. The van der Waals surface area contributed by atoms with Crippen molar-refractivity contribution in [3.8, 4) is 5.69 Å². The second kappa shape index (κ2) is 11.3. The van der Waals surface area contributed by atoms with E-state index in [0.29, 0.717) is 41.8 Å². The highest BCUT2D eigenvalue weighted by molar-refractivity contribution is 6.30. The number of para-hydroxylation sites is 2. The molecule has 1 amide bonds. The smallest absolute Gasteiger partial charge is 0.333 e. The molecule has 4 aromatic rings. The Morgan fingerprint density at radius 1 is 1.00 bits per heavy atom. The van der Waals surface area contributed by atoms with E-state index in [1.165, 1.54) is 5.56 Å². The predicted molar refractivity (Wildman–Crippen MR) is 160 cm³/mol. The quantitative estimate of drug-likeness (QED) is 0.336. The highest BCUT2D eigenvalue weighted by Crippen LogP contribution is 2.29. The van der Waals surface area contributed by atoms with Gasteiger partial charge in [0, 0.05) is 31.9 Å². The molecule has 0 saturated heterocycles. The molecule has 1 saturated carbocycles. The Morgan fingerprint density at radius 3 is 2.49 bits per heavy atom. The number of fused-ring (bicyclic) bond motifs is 2. The van der Waals surface area contributed by atoms with E-state index in [9.17, 15) is 14.4 Å². The molecule has 212 valence electrons. The minimum Gasteiger partial charge on any atom is -0.349 e. The molecule has 2 aromatic heterocycles. The molecule has 9 heteroatoms. The third kappa shape index (κ3) is 5.59. The largest absolute Gasteiger partial charge is 0.349 e. The highest BCUT2D eigenvalue weighted by atomic mass is 35.5.